The Morgan fingerprint density at radius 1 is 1.67 bits per heavy atom. The molecule has 0 aliphatic carbocycles. The molecule has 0 heterocycles. The summed E-state index contributed by atoms with van der Waals surface area (Å²) in [6, 6.07) is 4.37. The molecule has 0 aromatic heterocycles. The van der Waals surface area contributed by atoms with Crippen molar-refractivity contribution in [1.29, 1.82) is 0 Å². The molecular formula is C13H15FN2O2. The summed E-state index contributed by atoms with van der Waals surface area (Å²) in [4.78, 5) is 11.5. The zero-order valence-electron chi connectivity index (χ0n) is 10.1. The third-order valence-corrected chi connectivity index (χ3v) is 2.27. The van der Waals surface area contributed by atoms with Gasteiger partial charge in [-0.2, -0.15) is 0 Å². The number of nitrogens with one attached hydrogen (secondary N) is 1. The SMILES string of the molecule is C#CCNC(=O)C(C)Oc1ccc(CN)cc1F. The zero-order chi connectivity index (χ0) is 13.5. The van der Waals surface area contributed by atoms with Crippen molar-refractivity contribution in [2.24, 2.45) is 5.73 Å². The highest BCUT2D eigenvalue weighted by Crippen LogP contribution is 2.19. The van der Waals surface area contributed by atoms with E-state index in [1.807, 2.05) is 0 Å². The van der Waals surface area contributed by atoms with Crippen LogP contribution >= 0.6 is 0 Å². The molecule has 0 aliphatic heterocycles. The summed E-state index contributed by atoms with van der Waals surface area (Å²) >= 11 is 0. The molecule has 4 nitrogen and oxygen atoms in total. The first-order valence-electron chi connectivity index (χ1n) is 5.44. The number of terminal acetylenes is 1. The Morgan fingerprint density at radius 3 is 2.94 bits per heavy atom. The van der Waals surface area contributed by atoms with Gasteiger partial charge < -0.3 is 15.8 Å². The van der Waals surface area contributed by atoms with E-state index in [4.69, 9.17) is 16.9 Å². The maximum Gasteiger partial charge on any atom is 0.261 e. The second kappa shape index (κ2) is 6.62. The number of hydrogen-bond acceptors (Lipinski definition) is 3. The molecule has 0 radical (unpaired) electrons. The molecule has 0 spiro atoms. The van der Waals surface area contributed by atoms with Gasteiger partial charge in [0.2, 0.25) is 0 Å². The van der Waals surface area contributed by atoms with Gasteiger partial charge in [0.25, 0.3) is 5.91 Å². The van der Waals surface area contributed by atoms with Gasteiger partial charge in [0, 0.05) is 6.54 Å². The highest BCUT2D eigenvalue weighted by Gasteiger charge is 2.15. The van der Waals surface area contributed by atoms with Crippen molar-refractivity contribution in [3.05, 3.63) is 29.6 Å². The molecule has 5 heteroatoms. The van der Waals surface area contributed by atoms with Gasteiger partial charge in [-0.3, -0.25) is 4.79 Å². The van der Waals surface area contributed by atoms with E-state index in [0.717, 1.165) is 0 Å². The number of benzene rings is 1. The minimum atomic E-state index is -0.823. The lowest BCUT2D eigenvalue weighted by molar-refractivity contribution is -0.127. The summed E-state index contributed by atoms with van der Waals surface area (Å²) in [6.07, 6.45) is 4.19. The van der Waals surface area contributed by atoms with Crippen LogP contribution in [-0.4, -0.2) is 18.6 Å². The first-order chi connectivity index (χ1) is 8.58. The second-order valence-electron chi connectivity index (χ2n) is 3.65. The Morgan fingerprint density at radius 2 is 2.39 bits per heavy atom. The summed E-state index contributed by atoms with van der Waals surface area (Å²) in [5.41, 5.74) is 6.04. The van der Waals surface area contributed by atoms with E-state index in [2.05, 4.69) is 11.2 Å². The molecule has 1 aromatic carbocycles. The molecule has 1 aromatic rings. The van der Waals surface area contributed by atoms with Crippen LogP contribution in [0.3, 0.4) is 0 Å². The van der Waals surface area contributed by atoms with Crippen LogP contribution in [0.25, 0.3) is 0 Å². The van der Waals surface area contributed by atoms with Crippen LogP contribution in [0, 0.1) is 18.2 Å². The maximum atomic E-state index is 13.6. The highest BCUT2D eigenvalue weighted by molar-refractivity contribution is 5.80. The van der Waals surface area contributed by atoms with Crippen molar-refractivity contribution >= 4 is 5.91 Å². The summed E-state index contributed by atoms with van der Waals surface area (Å²) in [7, 11) is 0. The van der Waals surface area contributed by atoms with Crippen molar-refractivity contribution < 1.29 is 13.9 Å². The van der Waals surface area contributed by atoms with Gasteiger partial charge in [-0.05, 0) is 24.6 Å². The average Bonchev–Trinajstić information content (AvgIpc) is 2.38. The van der Waals surface area contributed by atoms with Crippen LogP contribution in [0.15, 0.2) is 18.2 Å². The summed E-state index contributed by atoms with van der Waals surface area (Å²) < 4.78 is 18.8. The van der Waals surface area contributed by atoms with E-state index in [-0.39, 0.29) is 18.8 Å². The number of carbonyl (C=O) groups is 1. The van der Waals surface area contributed by atoms with Crippen LogP contribution in [-0.2, 0) is 11.3 Å². The van der Waals surface area contributed by atoms with Gasteiger partial charge in [0.1, 0.15) is 0 Å². The van der Waals surface area contributed by atoms with Crippen molar-refractivity contribution in [3.63, 3.8) is 0 Å². The van der Waals surface area contributed by atoms with E-state index in [1.165, 1.54) is 19.1 Å². The normalized spacial score (nSPS) is 11.4. The van der Waals surface area contributed by atoms with Crippen molar-refractivity contribution in [2.75, 3.05) is 6.54 Å². The molecule has 0 saturated heterocycles. The Balaban J connectivity index is 2.67. The van der Waals surface area contributed by atoms with Crippen LogP contribution in [0.4, 0.5) is 4.39 Å². The molecule has 0 fully saturated rings. The smallest absolute Gasteiger partial charge is 0.261 e. The maximum absolute atomic E-state index is 13.6. The number of hydrogen-bond donors (Lipinski definition) is 2. The molecule has 1 atom stereocenters. The Kier molecular flexibility index (Phi) is 5.15. The topological polar surface area (TPSA) is 64.3 Å². The number of nitrogens with two attached hydrogens (primary N) is 1. The van der Waals surface area contributed by atoms with E-state index in [9.17, 15) is 9.18 Å². The third kappa shape index (κ3) is 3.75. The monoisotopic (exact) mass is 250 g/mol. The van der Waals surface area contributed by atoms with Crippen molar-refractivity contribution in [2.45, 2.75) is 19.6 Å². The lowest BCUT2D eigenvalue weighted by Crippen LogP contribution is -2.36. The third-order valence-electron chi connectivity index (χ3n) is 2.27. The fourth-order valence-electron chi connectivity index (χ4n) is 1.29. The minimum Gasteiger partial charge on any atom is -0.478 e. The number of carbonyl (C=O) groups excluding carboxylic acids is 1. The first kappa shape index (κ1) is 14.0. The number of amides is 1. The first-order valence-corrected chi connectivity index (χ1v) is 5.44. The molecule has 1 unspecified atom stereocenters. The van der Waals surface area contributed by atoms with Gasteiger partial charge in [-0.25, -0.2) is 4.39 Å². The van der Waals surface area contributed by atoms with Gasteiger partial charge >= 0.3 is 0 Å². The molecule has 0 aliphatic rings. The Labute approximate surface area is 105 Å². The minimum absolute atomic E-state index is 0.00978. The van der Waals surface area contributed by atoms with E-state index in [0.29, 0.717) is 5.56 Å². The average molecular weight is 250 g/mol. The molecule has 18 heavy (non-hydrogen) atoms. The van der Waals surface area contributed by atoms with Crippen LogP contribution < -0.4 is 15.8 Å². The van der Waals surface area contributed by atoms with Crippen LogP contribution in [0.1, 0.15) is 12.5 Å². The van der Waals surface area contributed by atoms with Gasteiger partial charge in [0.05, 0.1) is 6.54 Å². The molecule has 0 bridgehead atoms. The Hall–Kier alpha value is -2.06. The van der Waals surface area contributed by atoms with E-state index >= 15 is 0 Å². The molecule has 96 valence electrons. The second-order valence-corrected chi connectivity index (χ2v) is 3.65. The van der Waals surface area contributed by atoms with E-state index in [1.54, 1.807) is 6.07 Å². The van der Waals surface area contributed by atoms with E-state index < -0.39 is 17.8 Å². The predicted octanol–water partition coefficient (Wildman–Crippen LogP) is 0.801. The largest absolute Gasteiger partial charge is 0.478 e. The molecular weight excluding hydrogens is 235 g/mol. The van der Waals surface area contributed by atoms with Crippen molar-refractivity contribution in [1.82, 2.24) is 5.32 Å². The van der Waals surface area contributed by atoms with Crippen LogP contribution in [0.2, 0.25) is 0 Å². The lowest BCUT2D eigenvalue weighted by atomic mass is 10.2. The summed E-state index contributed by atoms with van der Waals surface area (Å²) in [5, 5.41) is 2.45. The number of rotatable bonds is 5. The van der Waals surface area contributed by atoms with Gasteiger partial charge in [-0.1, -0.05) is 12.0 Å². The Bertz CT molecular complexity index is 469. The fraction of sp³-hybridized carbons (Fsp3) is 0.308. The van der Waals surface area contributed by atoms with Crippen molar-refractivity contribution in [3.8, 4) is 18.1 Å². The highest BCUT2D eigenvalue weighted by atomic mass is 19.1. The fourth-order valence-corrected chi connectivity index (χ4v) is 1.29. The van der Waals surface area contributed by atoms with Gasteiger partial charge in [0.15, 0.2) is 17.7 Å². The lowest BCUT2D eigenvalue weighted by Gasteiger charge is -2.14. The summed E-state index contributed by atoms with van der Waals surface area (Å²) in [5.74, 6) is 1.34. The molecule has 1 rings (SSSR count). The zero-order valence-corrected chi connectivity index (χ0v) is 10.1. The predicted molar refractivity (Wildman–Crippen MR) is 66.2 cm³/mol. The van der Waals surface area contributed by atoms with Gasteiger partial charge in [-0.15, -0.1) is 6.42 Å². The molecule has 3 N–H and O–H groups in total. The number of halogens is 1. The molecule has 0 saturated carbocycles. The summed E-state index contributed by atoms with van der Waals surface area (Å²) in [6.45, 7) is 1.87. The standard InChI is InChI=1S/C13H15FN2O2/c1-3-6-16-13(17)9(2)18-12-5-4-10(8-15)7-11(12)14/h1,4-5,7,9H,6,8,15H2,2H3,(H,16,17). The quantitative estimate of drug-likeness (QED) is 0.760. The van der Waals surface area contributed by atoms with Crippen LogP contribution in [0.5, 0.6) is 5.75 Å². The molecule has 1 amide bonds. The number of ether oxygens (including phenoxy) is 1.